The minimum Gasteiger partial charge on any atom is -0.435 e. The van der Waals surface area contributed by atoms with Gasteiger partial charge in [0.25, 0.3) is 0 Å². The second kappa shape index (κ2) is 6.62. The van der Waals surface area contributed by atoms with Crippen LogP contribution in [0.4, 0.5) is 0 Å². The summed E-state index contributed by atoms with van der Waals surface area (Å²) < 4.78 is 10.3. The first-order valence-electron chi connectivity index (χ1n) is 5.68. The second-order valence-corrected chi connectivity index (χ2v) is 3.91. The maximum atomic E-state index is 11.6. The van der Waals surface area contributed by atoms with Gasteiger partial charge in [-0.2, -0.15) is 0 Å². The smallest absolute Gasteiger partial charge is 0.314 e. The predicted molar refractivity (Wildman–Crippen MR) is 58.2 cm³/mol. The molecular weight excluding hydrogens is 192 g/mol. The Bertz CT molecular complexity index is 213. The Balaban J connectivity index is 2.48. The number of carbonyl (C=O) groups is 1. The normalized spacial score (nSPS) is 25.9. The highest BCUT2D eigenvalue weighted by Crippen LogP contribution is 2.31. The van der Waals surface area contributed by atoms with Gasteiger partial charge < -0.3 is 9.47 Å². The summed E-state index contributed by atoms with van der Waals surface area (Å²) in [7, 11) is 0. The molecule has 2 unspecified atom stereocenters. The van der Waals surface area contributed by atoms with Crippen LogP contribution in [0.1, 0.15) is 32.6 Å². The van der Waals surface area contributed by atoms with Crippen molar-refractivity contribution in [3.05, 3.63) is 12.8 Å². The van der Waals surface area contributed by atoms with E-state index >= 15 is 0 Å². The van der Waals surface area contributed by atoms with Crippen LogP contribution in [0.3, 0.4) is 0 Å². The van der Waals surface area contributed by atoms with E-state index in [1.165, 1.54) is 12.7 Å². The molecule has 0 spiro atoms. The molecule has 0 bridgehead atoms. The lowest BCUT2D eigenvalue weighted by Gasteiger charge is -2.29. The molecule has 1 aliphatic rings. The molecule has 3 nitrogen and oxygen atoms in total. The van der Waals surface area contributed by atoms with Crippen LogP contribution in [0.2, 0.25) is 0 Å². The van der Waals surface area contributed by atoms with Crippen molar-refractivity contribution in [1.82, 2.24) is 0 Å². The zero-order valence-electron chi connectivity index (χ0n) is 9.41. The Morgan fingerprint density at radius 3 is 2.87 bits per heavy atom. The van der Waals surface area contributed by atoms with Crippen LogP contribution in [0, 0.1) is 11.8 Å². The van der Waals surface area contributed by atoms with Crippen LogP contribution >= 0.6 is 0 Å². The minimum absolute atomic E-state index is 0.00306. The topological polar surface area (TPSA) is 35.5 Å². The third-order valence-electron chi connectivity index (χ3n) is 2.95. The lowest BCUT2D eigenvalue weighted by Crippen LogP contribution is -2.31. The first-order valence-corrected chi connectivity index (χ1v) is 5.68. The maximum absolute atomic E-state index is 11.6. The third-order valence-corrected chi connectivity index (χ3v) is 2.95. The predicted octanol–water partition coefficient (Wildman–Crippen LogP) is 2.52. The summed E-state index contributed by atoms with van der Waals surface area (Å²) in [5.74, 6) is 0.184. The summed E-state index contributed by atoms with van der Waals surface area (Å²) in [6.45, 7) is 6.76. The minimum atomic E-state index is -0.144. The fraction of sp³-hybridized carbons (Fsp3) is 0.750. The van der Waals surface area contributed by atoms with Crippen molar-refractivity contribution in [2.75, 3.05) is 13.2 Å². The average molecular weight is 212 g/mol. The molecule has 0 aromatic rings. The van der Waals surface area contributed by atoms with Gasteiger partial charge in [-0.1, -0.05) is 19.4 Å². The fourth-order valence-electron chi connectivity index (χ4n) is 2.16. The molecule has 1 saturated carbocycles. The van der Waals surface area contributed by atoms with Gasteiger partial charge in [-0.15, -0.1) is 0 Å². The summed E-state index contributed by atoms with van der Waals surface area (Å²) in [6.07, 6.45) is 5.51. The highest BCUT2D eigenvalue weighted by molar-refractivity contribution is 5.73. The summed E-state index contributed by atoms with van der Waals surface area (Å²) in [5.41, 5.74) is 0. The summed E-state index contributed by atoms with van der Waals surface area (Å²) in [6, 6.07) is 0. The van der Waals surface area contributed by atoms with E-state index in [9.17, 15) is 4.79 Å². The quantitative estimate of drug-likeness (QED) is 0.519. The Labute approximate surface area is 91.4 Å². The van der Waals surface area contributed by atoms with Crippen LogP contribution < -0.4 is 0 Å². The monoisotopic (exact) mass is 212 g/mol. The Kier molecular flexibility index (Phi) is 5.40. The van der Waals surface area contributed by atoms with Gasteiger partial charge in [-0.05, 0) is 25.7 Å². The summed E-state index contributed by atoms with van der Waals surface area (Å²) in [4.78, 5) is 11.6. The average Bonchev–Trinajstić information content (AvgIpc) is 2.27. The molecule has 86 valence electrons. The molecule has 0 aliphatic heterocycles. The van der Waals surface area contributed by atoms with Gasteiger partial charge in [-0.3, -0.25) is 4.79 Å². The summed E-state index contributed by atoms with van der Waals surface area (Å²) in [5, 5.41) is 0. The highest BCUT2D eigenvalue weighted by atomic mass is 16.5. The molecule has 0 aromatic heterocycles. The maximum Gasteiger partial charge on any atom is 0.314 e. The molecule has 1 fully saturated rings. The zero-order chi connectivity index (χ0) is 11.1. The molecule has 0 radical (unpaired) electrons. The molecule has 15 heavy (non-hydrogen) atoms. The molecular formula is C12H20O3. The van der Waals surface area contributed by atoms with Crippen molar-refractivity contribution in [3.8, 4) is 0 Å². The Hall–Kier alpha value is -0.830. The molecule has 2 atom stereocenters. The van der Waals surface area contributed by atoms with Gasteiger partial charge in [0, 0.05) is 6.61 Å². The summed E-state index contributed by atoms with van der Waals surface area (Å²) >= 11 is 0. The van der Waals surface area contributed by atoms with Crippen LogP contribution in [-0.4, -0.2) is 19.2 Å². The van der Waals surface area contributed by atoms with E-state index in [0.717, 1.165) is 19.3 Å². The Morgan fingerprint density at radius 2 is 2.20 bits per heavy atom. The molecule has 1 aliphatic carbocycles. The highest BCUT2D eigenvalue weighted by Gasteiger charge is 2.31. The molecule has 0 aromatic carbocycles. The first kappa shape index (κ1) is 12.2. The van der Waals surface area contributed by atoms with E-state index in [-0.39, 0.29) is 11.9 Å². The van der Waals surface area contributed by atoms with E-state index in [1.807, 2.05) is 6.92 Å². The Morgan fingerprint density at radius 1 is 1.47 bits per heavy atom. The van der Waals surface area contributed by atoms with Crippen molar-refractivity contribution in [2.45, 2.75) is 32.6 Å². The second-order valence-electron chi connectivity index (χ2n) is 3.91. The van der Waals surface area contributed by atoms with Gasteiger partial charge in [0.05, 0.1) is 18.8 Å². The van der Waals surface area contributed by atoms with E-state index in [0.29, 0.717) is 19.1 Å². The molecule has 0 heterocycles. The van der Waals surface area contributed by atoms with Crippen molar-refractivity contribution in [2.24, 2.45) is 11.8 Å². The first-order chi connectivity index (χ1) is 7.29. The number of rotatable bonds is 5. The molecule has 0 saturated heterocycles. The van der Waals surface area contributed by atoms with Gasteiger partial charge in [-0.25, -0.2) is 0 Å². The lowest BCUT2D eigenvalue weighted by molar-refractivity contribution is -0.147. The van der Waals surface area contributed by atoms with Crippen LogP contribution in [0.15, 0.2) is 12.8 Å². The van der Waals surface area contributed by atoms with Gasteiger partial charge >= 0.3 is 5.97 Å². The van der Waals surface area contributed by atoms with Crippen LogP contribution in [-0.2, 0) is 14.3 Å². The number of ether oxygens (including phenoxy) is 2. The van der Waals surface area contributed by atoms with Gasteiger partial charge in [0.1, 0.15) is 0 Å². The number of hydrogen-bond acceptors (Lipinski definition) is 3. The van der Waals surface area contributed by atoms with Crippen molar-refractivity contribution in [1.29, 1.82) is 0 Å². The van der Waals surface area contributed by atoms with E-state index in [4.69, 9.17) is 9.47 Å². The molecule has 0 amide bonds. The van der Waals surface area contributed by atoms with Crippen LogP contribution in [0.5, 0.6) is 0 Å². The SMILES string of the molecule is C=COC(=O)C1CCCCC1COCC. The van der Waals surface area contributed by atoms with Gasteiger partial charge in [0.15, 0.2) is 0 Å². The fourth-order valence-corrected chi connectivity index (χ4v) is 2.16. The number of hydrogen-bond donors (Lipinski definition) is 0. The zero-order valence-corrected chi connectivity index (χ0v) is 9.41. The van der Waals surface area contributed by atoms with Crippen molar-refractivity contribution >= 4 is 5.97 Å². The molecule has 0 N–H and O–H groups in total. The molecule has 1 rings (SSSR count). The lowest BCUT2D eigenvalue weighted by atomic mass is 9.80. The standard InChI is InChI=1S/C12H20O3/c1-3-14-9-10-7-5-6-8-11(10)12(13)15-4-2/h4,10-11H,2-3,5-9H2,1H3. The van der Waals surface area contributed by atoms with E-state index < -0.39 is 0 Å². The number of esters is 1. The number of carbonyl (C=O) groups excluding carboxylic acids is 1. The van der Waals surface area contributed by atoms with Crippen LogP contribution in [0.25, 0.3) is 0 Å². The largest absolute Gasteiger partial charge is 0.435 e. The van der Waals surface area contributed by atoms with E-state index in [1.54, 1.807) is 0 Å². The van der Waals surface area contributed by atoms with Crippen molar-refractivity contribution < 1.29 is 14.3 Å². The third kappa shape index (κ3) is 3.67. The van der Waals surface area contributed by atoms with Gasteiger partial charge in [0.2, 0.25) is 0 Å². The van der Waals surface area contributed by atoms with E-state index in [2.05, 4.69) is 6.58 Å². The molecule has 3 heteroatoms. The van der Waals surface area contributed by atoms with Crippen molar-refractivity contribution in [3.63, 3.8) is 0 Å².